The highest BCUT2D eigenvalue weighted by Crippen LogP contribution is 2.14. The van der Waals surface area contributed by atoms with Crippen LogP contribution in [-0.4, -0.2) is 34.1 Å². The SMILES string of the molecule is CNc1nc(NC(C)C(C)C)nc(OC(C)C)n1. The van der Waals surface area contributed by atoms with Crippen LogP contribution >= 0.6 is 0 Å². The van der Waals surface area contributed by atoms with Crippen molar-refractivity contribution in [2.24, 2.45) is 5.92 Å². The zero-order valence-electron chi connectivity index (χ0n) is 12.0. The molecule has 0 amide bonds. The van der Waals surface area contributed by atoms with Crippen molar-refractivity contribution in [1.82, 2.24) is 15.0 Å². The first-order chi connectivity index (χ1) is 8.42. The lowest BCUT2D eigenvalue weighted by atomic mass is 10.1. The van der Waals surface area contributed by atoms with Crippen LogP contribution in [0.2, 0.25) is 0 Å². The summed E-state index contributed by atoms with van der Waals surface area (Å²) in [5, 5.41) is 6.15. The van der Waals surface area contributed by atoms with Crippen molar-refractivity contribution in [1.29, 1.82) is 0 Å². The molecule has 1 heterocycles. The van der Waals surface area contributed by atoms with E-state index in [0.717, 1.165) is 0 Å². The van der Waals surface area contributed by atoms with Crippen LogP contribution in [0.4, 0.5) is 11.9 Å². The number of rotatable bonds is 6. The van der Waals surface area contributed by atoms with Crippen molar-refractivity contribution < 1.29 is 4.74 Å². The average Bonchev–Trinajstić information content (AvgIpc) is 2.27. The Hall–Kier alpha value is -1.59. The average molecular weight is 253 g/mol. The molecular formula is C12H23N5O. The number of hydrogen-bond acceptors (Lipinski definition) is 6. The van der Waals surface area contributed by atoms with Crippen LogP contribution in [-0.2, 0) is 0 Å². The fourth-order valence-corrected chi connectivity index (χ4v) is 1.17. The summed E-state index contributed by atoms with van der Waals surface area (Å²) in [4.78, 5) is 12.7. The summed E-state index contributed by atoms with van der Waals surface area (Å²) in [6, 6.07) is 0.617. The molecule has 0 bridgehead atoms. The van der Waals surface area contributed by atoms with E-state index in [1.54, 1.807) is 7.05 Å². The predicted octanol–water partition coefficient (Wildman–Crippen LogP) is 2.16. The molecule has 0 fully saturated rings. The topological polar surface area (TPSA) is 72.0 Å². The van der Waals surface area contributed by atoms with Crippen molar-refractivity contribution in [2.75, 3.05) is 17.7 Å². The second kappa shape index (κ2) is 6.37. The minimum atomic E-state index is 0.0347. The molecule has 18 heavy (non-hydrogen) atoms. The maximum absolute atomic E-state index is 5.50. The number of anilines is 2. The molecule has 1 atom stereocenters. The van der Waals surface area contributed by atoms with E-state index in [1.165, 1.54) is 0 Å². The normalized spacial score (nSPS) is 12.7. The van der Waals surface area contributed by atoms with E-state index in [1.807, 2.05) is 13.8 Å². The Morgan fingerprint density at radius 1 is 0.944 bits per heavy atom. The molecule has 1 unspecified atom stereocenters. The van der Waals surface area contributed by atoms with Gasteiger partial charge in [0.2, 0.25) is 11.9 Å². The Kier molecular flexibility index (Phi) is 5.12. The van der Waals surface area contributed by atoms with E-state index in [0.29, 0.717) is 23.8 Å². The minimum absolute atomic E-state index is 0.0347. The molecule has 6 heteroatoms. The first-order valence-electron chi connectivity index (χ1n) is 6.29. The van der Waals surface area contributed by atoms with Crippen LogP contribution in [0.3, 0.4) is 0 Å². The van der Waals surface area contributed by atoms with E-state index in [9.17, 15) is 0 Å². The van der Waals surface area contributed by atoms with Gasteiger partial charge >= 0.3 is 6.01 Å². The number of nitrogens with one attached hydrogen (secondary N) is 2. The van der Waals surface area contributed by atoms with Gasteiger partial charge in [0.05, 0.1) is 6.10 Å². The summed E-state index contributed by atoms with van der Waals surface area (Å²) in [6.07, 6.45) is 0.0347. The van der Waals surface area contributed by atoms with Crippen LogP contribution in [0.5, 0.6) is 6.01 Å². The molecule has 0 aliphatic heterocycles. The van der Waals surface area contributed by atoms with E-state index in [4.69, 9.17) is 4.74 Å². The van der Waals surface area contributed by atoms with E-state index < -0.39 is 0 Å². The van der Waals surface area contributed by atoms with Gasteiger partial charge in [-0.1, -0.05) is 13.8 Å². The lowest BCUT2D eigenvalue weighted by molar-refractivity contribution is 0.222. The van der Waals surface area contributed by atoms with Crippen LogP contribution in [0.15, 0.2) is 0 Å². The van der Waals surface area contributed by atoms with E-state index in [2.05, 4.69) is 46.4 Å². The molecule has 0 aromatic carbocycles. The van der Waals surface area contributed by atoms with Crippen molar-refractivity contribution in [3.05, 3.63) is 0 Å². The van der Waals surface area contributed by atoms with Crippen LogP contribution in [0, 0.1) is 5.92 Å². The molecule has 6 nitrogen and oxygen atoms in total. The third-order valence-electron chi connectivity index (χ3n) is 2.54. The second-order valence-electron chi connectivity index (χ2n) is 4.86. The largest absolute Gasteiger partial charge is 0.461 e. The Morgan fingerprint density at radius 2 is 1.56 bits per heavy atom. The third kappa shape index (κ3) is 4.35. The second-order valence-corrected chi connectivity index (χ2v) is 4.86. The summed E-state index contributed by atoms with van der Waals surface area (Å²) in [6.45, 7) is 10.3. The monoisotopic (exact) mass is 253 g/mol. The molecule has 0 spiro atoms. The van der Waals surface area contributed by atoms with Crippen molar-refractivity contribution >= 4 is 11.9 Å². The van der Waals surface area contributed by atoms with Crippen LogP contribution in [0.1, 0.15) is 34.6 Å². The fraction of sp³-hybridized carbons (Fsp3) is 0.750. The molecule has 1 aromatic rings. The van der Waals surface area contributed by atoms with Crippen molar-refractivity contribution in [3.63, 3.8) is 0 Å². The van der Waals surface area contributed by atoms with Crippen molar-refractivity contribution in [2.45, 2.75) is 46.8 Å². The van der Waals surface area contributed by atoms with Crippen LogP contribution < -0.4 is 15.4 Å². The standard InChI is InChI=1S/C12H23N5O/c1-7(2)9(5)14-11-15-10(13-6)16-12(17-11)18-8(3)4/h7-9H,1-6H3,(H2,13,14,15,16,17). The number of ether oxygens (including phenoxy) is 1. The number of nitrogens with zero attached hydrogens (tertiary/aromatic N) is 3. The Balaban J connectivity index is 2.89. The first-order valence-corrected chi connectivity index (χ1v) is 6.29. The fourth-order valence-electron chi connectivity index (χ4n) is 1.17. The maximum atomic E-state index is 5.50. The highest BCUT2D eigenvalue weighted by atomic mass is 16.5. The number of hydrogen-bond donors (Lipinski definition) is 2. The quantitative estimate of drug-likeness (QED) is 0.809. The molecule has 0 radical (unpaired) electrons. The zero-order chi connectivity index (χ0) is 13.7. The van der Waals surface area contributed by atoms with Gasteiger partial charge in [0, 0.05) is 13.1 Å². The molecule has 1 rings (SSSR count). The summed E-state index contributed by atoms with van der Waals surface area (Å²) >= 11 is 0. The highest BCUT2D eigenvalue weighted by Gasteiger charge is 2.12. The summed E-state index contributed by atoms with van der Waals surface area (Å²) < 4.78 is 5.50. The molecular weight excluding hydrogens is 230 g/mol. The summed E-state index contributed by atoms with van der Waals surface area (Å²) in [5.74, 6) is 1.53. The molecule has 0 aliphatic carbocycles. The lowest BCUT2D eigenvalue weighted by Crippen LogP contribution is -2.23. The van der Waals surface area contributed by atoms with E-state index >= 15 is 0 Å². The summed E-state index contributed by atoms with van der Waals surface area (Å²) in [7, 11) is 1.77. The molecule has 2 N–H and O–H groups in total. The molecule has 0 saturated heterocycles. The van der Waals surface area contributed by atoms with Gasteiger partial charge in [-0.3, -0.25) is 0 Å². The van der Waals surface area contributed by atoms with Gasteiger partial charge in [0.15, 0.2) is 0 Å². The molecule has 0 aliphatic rings. The van der Waals surface area contributed by atoms with Gasteiger partial charge in [-0.2, -0.15) is 15.0 Å². The number of aromatic nitrogens is 3. The molecule has 0 saturated carbocycles. The zero-order valence-corrected chi connectivity index (χ0v) is 12.0. The van der Waals surface area contributed by atoms with Gasteiger partial charge in [-0.05, 0) is 26.7 Å². The maximum Gasteiger partial charge on any atom is 0.323 e. The van der Waals surface area contributed by atoms with Gasteiger partial charge in [0.1, 0.15) is 0 Å². The van der Waals surface area contributed by atoms with Crippen molar-refractivity contribution in [3.8, 4) is 6.01 Å². The molecule has 1 aromatic heterocycles. The predicted molar refractivity (Wildman–Crippen MR) is 73.1 cm³/mol. The van der Waals surface area contributed by atoms with Gasteiger partial charge < -0.3 is 15.4 Å². The van der Waals surface area contributed by atoms with Gasteiger partial charge in [-0.15, -0.1) is 0 Å². The third-order valence-corrected chi connectivity index (χ3v) is 2.54. The Labute approximate surface area is 109 Å². The molecule has 102 valence electrons. The minimum Gasteiger partial charge on any atom is -0.461 e. The highest BCUT2D eigenvalue weighted by molar-refractivity contribution is 5.36. The summed E-state index contributed by atoms with van der Waals surface area (Å²) in [5.41, 5.74) is 0. The lowest BCUT2D eigenvalue weighted by Gasteiger charge is -2.18. The van der Waals surface area contributed by atoms with Crippen LogP contribution in [0.25, 0.3) is 0 Å². The smallest absolute Gasteiger partial charge is 0.323 e. The first kappa shape index (κ1) is 14.5. The Morgan fingerprint density at radius 3 is 2.06 bits per heavy atom. The van der Waals surface area contributed by atoms with E-state index in [-0.39, 0.29) is 12.1 Å². The Bertz CT molecular complexity index is 381. The van der Waals surface area contributed by atoms with Gasteiger partial charge in [-0.25, -0.2) is 0 Å². The van der Waals surface area contributed by atoms with Gasteiger partial charge in [0.25, 0.3) is 0 Å².